The van der Waals surface area contributed by atoms with Crippen LogP contribution in [-0.2, 0) is 0 Å². The topological polar surface area (TPSA) is 0 Å². The van der Waals surface area contributed by atoms with Crippen LogP contribution in [0.15, 0.2) is 42.5 Å². The molecule has 1 aliphatic carbocycles. The Hall–Kier alpha value is -1.04. The predicted molar refractivity (Wildman–Crippen MR) is 58.3 cm³/mol. The van der Waals surface area contributed by atoms with Crippen molar-refractivity contribution in [1.29, 1.82) is 0 Å². The van der Waals surface area contributed by atoms with Crippen molar-refractivity contribution in [3.8, 4) is 0 Å². The van der Waals surface area contributed by atoms with Crippen LogP contribution >= 0.6 is 0 Å². The summed E-state index contributed by atoms with van der Waals surface area (Å²) < 4.78 is 0. The third-order valence-corrected chi connectivity index (χ3v) is 1.93. The standard InChI is InChI=1S/C13H17/c1-2-4-6-8-10-12-13-11-9-7-5-3-1/h1-2,5-8,12H,3-4,9,11,13H2/b2-1-,7-5-,8-6+,12-10?. The van der Waals surface area contributed by atoms with Crippen molar-refractivity contribution in [3.63, 3.8) is 0 Å². The molecule has 0 saturated heterocycles. The van der Waals surface area contributed by atoms with Gasteiger partial charge in [-0.25, -0.2) is 0 Å². The Morgan fingerprint density at radius 1 is 0.769 bits per heavy atom. The molecule has 13 heavy (non-hydrogen) atoms. The van der Waals surface area contributed by atoms with Gasteiger partial charge < -0.3 is 0 Å². The molecule has 0 aromatic carbocycles. The first kappa shape index (κ1) is 10.0. The van der Waals surface area contributed by atoms with Gasteiger partial charge in [-0.3, -0.25) is 0 Å². The summed E-state index contributed by atoms with van der Waals surface area (Å²) in [5.41, 5.74) is 0. The summed E-state index contributed by atoms with van der Waals surface area (Å²) in [6.07, 6.45) is 24.0. The van der Waals surface area contributed by atoms with Gasteiger partial charge in [-0.05, 0) is 38.2 Å². The zero-order valence-corrected chi connectivity index (χ0v) is 8.08. The molecule has 0 heterocycles. The van der Waals surface area contributed by atoms with E-state index in [1.807, 2.05) is 6.08 Å². The molecule has 0 unspecified atom stereocenters. The van der Waals surface area contributed by atoms with Gasteiger partial charge in [0.2, 0.25) is 0 Å². The molecular formula is C13H17. The first-order valence-electron chi connectivity index (χ1n) is 5.03. The molecule has 69 valence electrons. The highest BCUT2D eigenvalue weighted by atomic mass is 13.9. The molecule has 0 bridgehead atoms. The number of rotatable bonds is 0. The van der Waals surface area contributed by atoms with Gasteiger partial charge >= 0.3 is 0 Å². The molecule has 0 fully saturated rings. The minimum atomic E-state index is 1.02. The summed E-state index contributed by atoms with van der Waals surface area (Å²) in [5.74, 6) is 0. The van der Waals surface area contributed by atoms with Crippen LogP contribution < -0.4 is 0 Å². The number of hydrogen-bond donors (Lipinski definition) is 0. The van der Waals surface area contributed by atoms with Crippen molar-refractivity contribution >= 4 is 0 Å². The maximum absolute atomic E-state index is 3.16. The molecule has 0 nitrogen and oxygen atoms in total. The van der Waals surface area contributed by atoms with Gasteiger partial charge in [-0.1, -0.05) is 42.5 Å². The van der Waals surface area contributed by atoms with Crippen molar-refractivity contribution in [1.82, 2.24) is 0 Å². The molecule has 0 aromatic heterocycles. The number of allylic oxidation sites excluding steroid dienone is 8. The van der Waals surface area contributed by atoms with E-state index in [0.717, 1.165) is 19.3 Å². The fraction of sp³-hybridized carbons (Fsp3) is 0.385. The van der Waals surface area contributed by atoms with Crippen molar-refractivity contribution in [3.05, 3.63) is 48.6 Å². The second kappa shape index (κ2) is 7.60. The SMILES string of the molecule is [C]1=C/CCC/C=C\C/C=C\C/C=C/1. The first-order chi connectivity index (χ1) is 6.50. The zero-order valence-electron chi connectivity index (χ0n) is 8.08. The van der Waals surface area contributed by atoms with E-state index in [4.69, 9.17) is 0 Å². The highest BCUT2D eigenvalue weighted by Gasteiger charge is 1.80. The second-order valence-electron chi connectivity index (χ2n) is 3.12. The summed E-state index contributed by atoms with van der Waals surface area (Å²) in [6.45, 7) is 0. The Bertz CT molecular complexity index is 216. The summed E-state index contributed by atoms with van der Waals surface area (Å²) in [6, 6.07) is 0. The minimum absolute atomic E-state index is 1.02. The Morgan fingerprint density at radius 2 is 1.54 bits per heavy atom. The van der Waals surface area contributed by atoms with E-state index >= 15 is 0 Å². The van der Waals surface area contributed by atoms with E-state index in [9.17, 15) is 0 Å². The average Bonchev–Trinajstić information content (AvgIpc) is 2.18. The summed E-state index contributed by atoms with van der Waals surface area (Å²) in [7, 11) is 0. The summed E-state index contributed by atoms with van der Waals surface area (Å²) in [4.78, 5) is 0. The fourth-order valence-corrected chi connectivity index (χ4v) is 1.19. The summed E-state index contributed by atoms with van der Waals surface area (Å²) in [5, 5.41) is 0. The molecule has 0 spiro atoms. The second-order valence-corrected chi connectivity index (χ2v) is 3.12. The van der Waals surface area contributed by atoms with Crippen LogP contribution in [-0.4, -0.2) is 0 Å². The van der Waals surface area contributed by atoms with Crippen LogP contribution in [0.4, 0.5) is 0 Å². The maximum Gasteiger partial charge on any atom is -0.0166 e. The molecule has 0 saturated carbocycles. The molecule has 0 aliphatic heterocycles. The molecule has 1 rings (SSSR count). The van der Waals surface area contributed by atoms with Crippen LogP contribution in [0.1, 0.15) is 32.1 Å². The molecule has 0 heteroatoms. The molecule has 0 amide bonds. The zero-order chi connectivity index (χ0) is 9.19. The van der Waals surface area contributed by atoms with Gasteiger partial charge in [0, 0.05) is 0 Å². The molecule has 0 N–H and O–H groups in total. The van der Waals surface area contributed by atoms with Crippen LogP contribution in [0, 0.1) is 6.08 Å². The van der Waals surface area contributed by atoms with Crippen LogP contribution in [0.2, 0.25) is 0 Å². The van der Waals surface area contributed by atoms with Crippen molar-refractivity contribution in [2.24, 2.45) is 0 Å². The quantitative estimate of drug-likeness (QED) is 0.486. The minimum Gasteiger partial charge on any atom is -0.0882 e. The van der Waals surface area contributed by atoms with E-state index in [1.165, 1.54) is 12.8 Å². The van der Waals surface area contributed by atoms with E-state index in [2.05, 4.69) is 42.5 Å². The van der Waals surface area contributed by atoms with E-state index < -0.39 is 0 Å². The summed E-state index contributed by atoms with van der Waals surface area (Å²) >= 11 is 0. The molecule has 0 aromatic rings. The van der Waals surface area contributed by atoms with Crippen molar-refractivity contribution < 1.29 is 0 Å². The fourth-order valence-electron chi connectivity index (χ4n) is 1.19. The molecule has 1 radical (unpaired) electrons. The first-order valence-corrected chi connectivity index (χ1v) is 5.03. The van der Waals surface area contributed by atoms with Crippen molar-refractivity contribution in [2.45, 2.75) is 32.1 Å². The van der Waals surface area contributed by atoms with Gasteiger partial charge in [0.15, 0.2) is 0 Å². The van der Waals surface area contributed by atoms with Crippen LogP contribution in [0.5, 0.6) is 0 Å². The van der Waals surface area contributed by atoms with Gasteiger partial charge in [-0.15, -0.1) is 0 Å². The lowest BCUT2D eigenvalue weighted by atomic mass is 10.2. The Morgan fingerprint density at radius 3 is 2.46 bits per heavy atom. The third-order valence-electron chi connectivity index (χ3n) is 1.93. The Kier molecular flexibility index (Phi) is 5.87. The number of hydrogen-bond acceptors (Lipinski definition) is 0. The highest BCUT2D eigenvalue weighted by Crippen LogP contribution is 2.00. The van der Waals surface area contributed by atoms with E-state index in [-0.39, 0.29) is 0 Å². The monoisotopic (exact) mass is 173 g/mol. The van der Waals surface area contributed by atoms with Gasteiger partial charge in [0.25, 0.3) is 0 Å². The molecular weight excluding hydrogens is 156 g/mol. The van der Waals surface area contributed by atoms with Gasteiger partial charge in [-0.2, -0.15) is 0 Å². The maximum atomic E-state index is 3.16. The average molecular weight is 173 g/mol. The lowest BCUT2D eigenvalue weighted by Gasteiger charge is -1.88. The van der Waals surface area contributed by atoms with Gasteiger partial charge in [0.05, 0.1) is 0 Å². The van der Waals surface area contributed by atoms with Crippen LogP contribution in [0.3, 0.4) is 0 Å². The largest absolute Gasteiger partial charge is 0.0882 e. The lowest BCUT2D eigenvalue weighted by molar-refractivity contribution is 0.865. The van der Waals surface area contributed by atoms with E-state index in [1.54, 1.807) is 0 Å². The molecule has 1 aliphatic rings. The third kappa shape index (κ3) is 6.15. The smallest absolute Gasteiger partial charge is 0.0166 e. The van der Waals surface area contributed by atoms with Gasteiger partial charge in [0.1, 0.15) is 0 Å². The Balaban J connectivity index is 2.38. The molecule has 0 atom stereocenters. The van der Waals surface area contributed by atoms with Crippen molar-refractivity contribution in [2.75, 3.05) is 0 Å². The lowest BCUT2D eigenvalue weighted by Crippen LogP contribution is -1.68. The van der Waals surface area contributed by atoms with Crippen LogP contribution in [0.25, 0.3) is 0 Å². The Labute approximate surface area is 81.4 Å². The normalized spacial score (nSPS) is 28.9. The highest BCUT2D eigenvalue weighted by molar-refractivity contribution is 5.01. The van der Waals surface area contributed by atoms with E-state index in [0.29, 0.717) is 0 Å². The predicted octanol–water partition coefficient (Wildman–Crippen LogP) is 3.98.